The third kappa shape index (κ3) is 3.52. The second kappa shape index (κ2) is 6.14. The van der Waals surface area contributed by atoms with Crippen LogP contribution >= 0.6 is 0 Å². The number of anilines is 1. The molecule has 1 aromatic rings. The minimum Gasteiger partial charge on any atom is -0.399 e. The molecule has 20 heavy (non-hydrogen) atoms. The van der Waals surface area contributed by atoms with E-state index in [1.54, 1.807) is 12.1 Å². The number of nitrogens with two attached hydrogens (primary N) is 1. The Morgan fingerprint density at radius 2 is 1.95 bits per heavy atom. The summed E-state index contributed by atoms with van der Waals surface area (Å²) >= 11 is 0. The minimum absolute atomic E-state index is 0.265. The zero-order valence-electron chi connectivity index (χ0n) is 12.6. The second-order valence-corrected chi connectivity index (χ2v) is 7.97. The maximum absolute atomic E-state index is 13.5. The molecular formula is C15H25N3OS. The molecule has 2 N–H and O–H groups in total. The molecule has 0 aromatic heterocycles. The average Bonchev–Trinajstić information content (AvgIpc) is 3.20. The Hall–Kier alpha value is -1.07. The van der Waals surface area contributed by atoms with Crippen molar-refractivity contribution < 1.29 is 4.21 Å². The van der Waals surface area contributed by atoms with Crippen LogP contribution < -0.4 is 5.73 Å². The predicted molar refractivity (Wildman–Crippen MR) is 84.8 cm³/mol. The maximum atomic E-state index is 13.5. The van der Waals surface area contributed by atoms with Gasteiger partial charge < -0.3 is 5.73 Å². The lowest BCUT2D eigenvalue weighted by atomic mass is 10.2. The Morgan fingerprint density at radius 3 is 2.40 bits per heavy atom. The third-order valence-electron chi connectivity index (χ3n) is 3.30. The van der Waals surface area contributed by atoms with Gasteiger partial charge in [-0.3, -0.25) is 0 Å². The van der Waals surface area contributed by atoms with Crippen LogP contribution in [-0.2, 0) is 9.92 Å². The van der Waals surface area contributed by atoms with Crippen LogP contribution in [0.1, 0.15) is 33.6 Å². The average molecular weight is 295 g/mol. The fourth-order valence-electron chi connectivity index (χ4n) is 2.12. The predicted octanol–water partition coefficient (Wildman–Crippen LogP) is 3.15. The monoisotopic (exact) mass is 295 g/mol. The Labute approximate surface area is 122 Å². The molecule has 1 aliphatic carbocycles. The van der Waals surface area contributed by atoms with E-state index in [1.807, 2.05) is 23.4 Å². The van der Waals surface area contributed by atoms with E-state index in [0.717, 1.165) is 30.8 Å². The van der Waals surface area contributed by atoms with Gasteiger partial charge in [-0.2, -0.15) is 0 Å². The number of nitrogens with zero attached hydrogens (tertiary/aromatic N) is 2. The Bertz CT molecular complexity index is 555. The largest absolute Gasteiger partial charge is 0.399 e. The number of benzene rings is 1. The Morgan fingerprint density at radius 1 is 1.35 bits per heavy atom. The first-order valence-corrected chi connectivity index (χ1v) is 8.80. The van der Waals surface area contributed by atoms with Gasteiger partial charge in [0.1, 0.15) is 9.92 Å². The molecule has 0 saturated heterocycles. The van der Waals surface area contributed by atoms with Crippen LogP contribution in [0.25, 0.3) is 0 Å². The second-order valence-electron chi connectivity index (χ2n) is 5.78. The van der Waals surface area contributed by atoms with E-state index in [2.05, 4.69) is 18.2 Å². The molecular weight excluding hydrogens is 270 g/mol. The van der Waals surface area contributed by atoms with Crippen LogP contribution in [0.3, 0.4) is 0 Å². The maximum Gasteiger partial charge on any atom is 0.140 e. The lowest BCUT2D eigenvalue weighted by Gasteiger charge is -2.26. The standard InChI is InChI=1S/C15H25N3OS/c1-4-18(11-12(2)3)20(19,17-14-7-8-14)15-9-5-13(16)6-10-15/h5-6,9-10,12,14H,4,7-8,11,16H2,1-3H3. The van der Waals surface area contributed by atoms with Gasteiger partial charge >= 0.3 is 0 Å². The minimum atomic E-state index is -2.50. The first-order chi connectivity index (χ1) is 9.45. The van der Waals surface area contributed by atoms with Gasteiger partial charge in [0.25, 0.3) is 0 Å². The molecule has 0 amide bonds. The van der Waals surface area contributed by atoms with Gasteiger partial charge in [-0.05, 0) is 43.0 Å². The summed E-state index contributed by atoms with van der Waals surface area (Å²) in [7, 11) is -2.50. The molecule has 1 aromatic carbocycles. The topological polar surface area (TPSA) is 58.7 Å². The third-order valence-corrected chi connectivity index (χ3v) is 5.87. The van der Waals surface area contributed by atoms with Crippen LogP contribution in [0, 0.1) is 5.92 Å². The highest BCUT2D eigenvalue weighted by molar-refractivity contribution is 7.91. The van der Waals surface area contributed by atoms with Gasteiger partial charge in [0.15, 0.2) is 0 Å². The SMILES string of the molecule is CCN(CC(C)C)S(=O)(=NC1CC1)c1ccc(N)cc1. The molecule has 0 bridgehead atoms. The summed E-state index contributed by atoms with van der Waals surface area (Å²) in [5.41, 5.74) is 6.42. The van der Waals surface area contributed by atoms with Gasteiger partial charge in [-0.25, -0.2) is 12.9 Å². The van der Waals surface area contributed by atoms with E-state index >= 15 is 0 Å². The number of hydrogen-bond acceptors (Lipinski definition) is 3. The summed E-state index contributed by atoms with van der Waals surface area (Å²) in [6, 6.07) is 7.58. The van der Waals surface area contributed by atoms with E-state index in [0.29, 0.717) is 11.6 Å². The first kappa shape index (κ1) is 15.3. The first-order valence-electron chi connectivity index (χ1n) is 7.32. The van der Waals surface area contributed by atoms with Crippen LogP contribution in [0.5, 0.6) is 0 Å². The molecule has 0 heterocycles. The van der Waals surface area contributed by atoms with Crippen molar-refractivity contribution in [1.82, 2.24) is 4.31 Å². The van der Waals surface area contributed by atoms with Crippen molar-refractivity contribution in [3.05, 3.63) is 24.3 Å². The van der Waals surface area contributed by atoms with Crippen LogP contribution in [-0.4, -0.2) is 27.6 Å². The normalized spacial score (nSPS) is 18.2. The van der Waals surface area contributed by atoms with Crippen molar-refractivity contribution in [2.75, 3.05) is 18.8 Å². The van der Waals surface area contributed by atoms with E-state index in [-0.39, 0.29) is 6.04 Å². The molecule has 4 nitrogen and oxygen atoms in total. The lowest BCUT2D eigenvalue weighted by molar-refractivity contribution is 0.399. The van der Waals surface area contributed by atoms with Gasteiger partial charge in [0.2, 0.25) is 0 Å². The van der Waals surface area contributed by atoms with Crippen LogP contribution in [0.4, 0.5) is 5.69 Å². The Kier molecular flexibility index (Phi) is 4.70. The zero-order valence-corrected chi connectivity index (χ0v) is 13.4. The number of nitrogen functional groups attached to an aromatic ring is 1. The van der Waals surface area contributed by atoms with Crippen molar-refractivity contribution in [3.8, 4) is 0 Å². The Balaban J connectivity index is 2.44. The fraction of sp³-hybridized carbons (Fsp3) is 0.600. The molecule has 1 saturated carbocycles. The molecule has 1 fully saturated rings. The molecule has 112 valence electrons. The fourth-order valence-corrected chi connectivity index (χ4v) is 4.63. The van der Waals surface area contributed by atoms with Crippen molar-refractivity contribution in [2.45, 2.75) is 44.6 Å². The van der Waals surface area contributed by atoms with Gasteiger partial charge in [-0.1, -0.05) is 20.8 Å². The summed E-state index contributed by atoms with van der Waals surface area (Å²) < 4.78 is 20.2. The molecule has 0 aliphatic heterocycles. The van der Waals surface area contributed by atoms with Crippen molar-refractivity contribution in [3.63, 3.8) is 0 Å². The van der Waals surface area contributed by atoms with E-state index in [9.17, 15) is 4.21 Å². The van der Waals surface area contributed by atoms with Crippen molar-refractivity contribution in [2.24, 2.45) is 10.3 Å². The summed E-state index contributed by atoms with van der Waals surface area (Å²) in [5.74, 6) is 0.457. The highest BCUT2D eigenvalue weighted by Crippen LogP contribution is 2.30. The molecule has 5 heteroatoms. The quantitative estimate of drug-likeness (QED) is 0.820. The summed E-state index contributed by atoms with van der Waals surface area (Å²) in [6.07, 6.45) is 2.12. The number of hydrogen-bond donors (Lipinski definition) is 1. The van der Waals surface area contributed by atoms with Gasteiger partial charge in [0.05, 0.1) is 10.9 Å². The summed E-state index contributed by atoms with van der Waals surface area (Å²) in [6.45, 7) is 7.85. The van der Waals surface area contributed by atoms with Crippen molar-refractivity contribution >= 4 is 15.6 Å². The van der Waals surface area contributed by atoms with E-state index < -0.39 is 9.92 Å². The highest BCUT2D eigenvalue weighted by Gasteiger charge is 2.28. The highest BCUT2D eigenvalue weighted by atomic mass is 32.2. The zero-order chi connectivity index (χ0) is 14.8. The van der Waals surface area contributed by atoms with E-state index in [4.69, 9.17) is 5.73 Å². The van der Waals surface area contributed by atoms with Crippen LogP contribution in [0.15, 0.2) is 33.5 Å². The molecule has 0 radical (unpaired) electrons. The molecule has 1 aliphatic rings. The van der Waals surface area contributed by atoms with Gasteiger partial charge in [-0.15, -0.1) is 0 Å². The lowest BCUT2D eigenvalue weighted by Crippen LogP contribution is -2.34. The van der Waals surface area contributed by atoms with Gasteiger partial charge in [0, 0.05) is 18.8 Å². The molecule has 2 rings (SSSR count). The van der Waals surface area contributed by atoms with Crippen molar-refractivity contribution in [1.29, 1.82) is 0 Å². The summed E-state index contributed by atoms with van der Waals surface area (Å²) in [5, 5.41) is 0. The molecule has 0 spiro atoms. The summed E-state index contributed by atoms with van der Waals surface area (Å²) in [4.78, 5) is 0.779. The molecule has 1 unspecified atom stereocenters. The van der Waals surface area contributed by atoms with Crippen LogP contribution in [0.2, 0.25) is 0 Å². The molecule has 1 atom stereocenters. The number of rotatable bonds is 6. The smallest absolute Gasteiger partial charge is 0.140 e. The van der Waals surface area contributed by atoms with E-state index in [1.165, 1.54) is 0 Å².